The van der Waals surface area contributed by atoms with Crippen molar-refractivity contribution in [1.82, 2.24) is 0 Å². The largest absolute Gasteiger partial charge is 0.493 e. The lowest BCUT2D eigenvalue weighted by molar-refractivity contribution is 0.0729. The summed E-state index contributed by atoms with van der Waals surface area (Å²) in [5, 5.41) is 0. The number of benzene rings is 2. The van der Waals surface area contributed by atoms with E-state index >= 15 is 0 Å². The summed E-state index contributed by atoms with van der Waals surface area (Å²) < 4.78 is 23.0. The van der Waals surface area contributed by atoms with Crippen LogP contribution in [0.15, 0.2) is 48.5 Å². The lowest BCUT2D eigenvalue weighted by Crippen LogP contribution is -2.09. The fourth-order valence-corrected chi connectivity index (χ4v) is 1.45. The molecule has 4 heteroatoms. The Balaban J connectivity index is 2.18. The highest BCUT2D eigenvalue weighted by Crippen LogP contribution is 2.26. The van der Waals surface area contributed by atoms with Crippen LogP contribution in [0.2, 0.25) is 0 Å². The third-order valence-corrected chi connectivity index (χ3v) is 2.35. The first-order valence-corrected chi connectivity index (χ1v) is 5.31. The van der Waals surface area contributed by atoms with Gasteiger partial charge in [-0.25, -0.2) is 9.18 Å². The Labute approximate surface area is 104 Å². The van der Waals surface area contributed by atoms with Gasteiger partial charge in [-0.2, -0.15) is 0 Å². The van der Waals surface area contributed by atoms with E-state index in [1.54, 1.807) is 24.3 Å². The summed E-state index contributed by atoms with van der Waals surface area (Å²) in [6.45, 7) is 0. The number of carbonyl (C=O) groups is 1. The van der Waals surface area contributed by atoms with Crippen LogP contribution in [-0.4, -0.2) is 13.1 Å². The van der Waals surface area contributed by atoms with Crippen LogP contribution in [0, 0.1) is 5.82 Å². The van der Waals surface area contributed by atoms with Crippen molar-refractivity contribution < 1.29 is 18.7 Å². The molecule has 2 aromatic carbocycles. The van der Waals surface area contributed by atoms with Gasteiger partial charge in [0.2, 0.25) is 0 Å². The van der Waals surface area contributed by atoms with E-state index in [1.807, 2.05) is 0 Å². The molecule has 0 fully saturated rings. The zero-order valence-corrected chi connectivity index (χ0v) is 9.72. The fraction of sp³-hybridized carbons (Fsp3) is 0.0714. The van der Waals surface area contributed by atoms with Crippen molar-refractivity contribution in [3.05, 3.63) is 59.9 Å². The molecule has 0 aliphatic heterocycles. The molecule has 3 nitrogen and oxygen atoms in total. The van der Waals surface area contributed by atoms with Crippen LogP contribution in [0.1, 0.15) is 10.4 Å². The van der Waals surface area contributed by atoms with Gasteiger partial charge in [0.15, 0.2) is 11.5 Å². The van der Waals surface area contributed by atoms with Gasteiger partial charge in [-0.15, -0.1) is 0 Å². The van der Waals surface area contributed by atoms with Gasteiger partial charge in [0.1, 0.15) is 5.82 Å². The summed E-state index contributed by atoms with van der Waals surface area (Å²) in [6.07, 6.45) is 0. The van der Waals surface area contributed by atoms with Crippen molar-refractivity contribution in [2.45, 2.75) is 0 Å². The summed E-state index contributed by atoms with van der Waals surface area (Å²) in [5.74, 6) is -0.161. The SMILES string of the molecule is COc1ccccc1OC(=O)c1ccc(F)cc1. The zero-order valence-electron chi connectivity index (χ0n) is 9.72. The average Bonchev–Trinajstić information content (AvgIpc) is 2.40. The lowest BCUT2D eigenvalue weighted by Gasteiger charge is -2.08. The van der Waals surface area contributed by atoms with Crippen LogP contribution in [0.4, 0.5) is 4.39 Å². The first kappa shape index (κ1) is 12.1. The van der Waals surface area contributed by atoms with Crippen molar-refractivity contribution in [2.24, 2.45) is 0 Å². The van der Waals surface area contributed by atoms with E-state index < -0.39 is 11.8 Å². The maximum Gasteiger partial charge on any atom is 0.343 e. The first-order chi connectivity index (χ1) is 8.70. The fourth-order valence-electron chi connectivity index (χ4n) is 1.45. The van der Waals surface area contributed by atoms with Crippen LogP contribution in [0.25, 0.3) is 0 Å². The number of para-hydroxylation sites is 2. The minimum absolute atomic E-state index is 0.280. The topological polar surface area (TPSA) is 35.5 Å². The first-order valence-electron chi connectivity index (χ1n) is 5.31. The van der Waals surface area contributed by atoms with Gasteiger partial charge in [-0.1, -0.05) is 12.1 Å². The van der Waals surface area contributed by atoms with Gasteiger partial charge in [-0.05, 0) is 36.4 Å². The number of hydrogen-bond acceptors (Lipinski definition) is 3. The van der Waals surface area contributed by atoms with Crippen LogP contribution >= 0.6 is 0 Å². The summed E-state index contributed by atoms with van der Waals surface area (Å²) in [7, 11) is 1.49. The van der Waals surface area contributed by atoms with E-state index in [4.69, 9.17) is 9.47 Å². The van der Waals surface area contributed by atoms with Crippen molar-refractivity contribution in [3.8, 4) is 11.5 Å². The molecule has 0 aromatic heterocycles. The van der Waals surface area contributed by atoms with Gasteiger partial charge >= 0.3 is 5.97 Å². The van der Waals surface area contributed by atoms with Crippen molar-refractivity contribution in [2.75, 3.05) is 7.11 Å². The minimum Gasteiger partial charge on any atom is -0.493 e. The van der Waals surface area contributed by atoms with Crippen molar-refractivity contribution in [1.29, 1.82) is 0 Å². The van der Waals surface area contributed by atoms with E-state index in [2.05, 4.69) is 0 Å². The highest BCUT2D eigenvalue weighted by atomic mass is 19.1. The molecular weight excluding hydrogens is 235 g/mol. The molecule has 92 valence electrons. The molecule has 0 saturated carbocycles. The molecule has 0 aliphatic carbocycles. The number of esters is 1. The molecular formula is C14H11FO3. The number of ether oxygens (including phenoxy) is 2. The number of hydrogen-bond donors (Lipinski definition) is 0. The molecule has 0 radical (unpaired) electrons. The summed E-state index contributed by atoms with van der Waals surface area (Å²) in [6, 6.07) is 12.0. The number of carbonyl (C=O) groups excluding carboxylic acids is 1. The minimum atomic E-state index is -0.556. The van der Waals surface area contributed by atoms with Crippen molar-refractivity contribution >= 4 is 5.97 Å². The quantitative estimate of drug-likeness (QED) is 0.616. The normalized spacial score (nSPS) is 9.89. The van der Waals surface area contributed by atoms with Gasteiger partial charge in [0.05, 0.1) is 12.7 Å². The van der Waals surface area contributed by atoms with Crippen molar-refractivity contribution in [3.63, 3.8) is 0 Å². The van der Waals surface area contributed by atoms with E-state index in [-0.39, 0.29) is 5.56 Å². The van der Waals surface area contributed by atoms with Crippen LogP contribution < -0.4 is 9.47 Å². The standard InChI is InChI=1S/C14H11FO3/c1-17-12-4-2-3-5-13(12)18-14(16)10-6-8-11(15)9-7-10/h2-9H,1H3. The highest BCUT2D eigenvalue weighted by molar-refractivity contribution is 5.91. The molecule has 0 atom stereocenters. The maximum absolute atomic E-state index is 12.7. The predicted octanol–water partition coefficient (Wildman–Crippen LogP) is 3.05. The predicted molar refractivity (Wildman–Crippen MR) is 64.4 cm³/mol. The Morgan fingerprint density at radius 3 is 2.22 bits per heavy atom. The van der Waals surface area contributed by atoms with Gasteiger partial charge in [0.25, 0.3) is 0 Å². The second kappa shape index (κ2) is 5.31. The summed E-state index contributed by atoms with van der Waals surface area (Å²) >= 11 is 0. The molecule has 0 saturated heterocycles. The molecule has 0 aliphatic rings. The van der Waals surface area contributed by atoms with E-state index in [0.29, 0.717) is 11.5 Å². The maximum atomic E-state index is 12.7. The van der Waals surface area contributed by atoms with E-state index in [1.165, 1.54) is 31.4 Å². The summed E-state index contributed by atoms with van der Waals surface area (Å²) in [4.78, 5) is 11.8. The molecule has 2 aromatic rings. The number of rotatable bonds is 3. The third kappa shape index (κ3) is 2.66. The van der Waals surface area contributed by atoms with Crippen LogP contribution in [0.3, 0.4) is 0 Å². The second-order valence-electron chi connectivity index (χ2n) is 3.55. The molecule has 0 N–H and O–H groups in total. The number of methoxy groups -OCH3 is 1. The molecule has 0 bridgehead atoms. The Hall–Kier alpha value is -2.36. The summed E-state index contributed by atoms with van der Waals surface area (Å²) in [5.41, 5.74) is 0.280. The average molecular weight is 246 g/mol. The number of halogens is 1. The van der Waals surface area contributed by atoms with Crippen LogP contribution in [-0.2, 0) is 0 Å². The lowest BCUT2D eigenvalue weighted by atomic mass is 10.2. The zero-order chi connectivity index (χ0) is 13.0. The third-order valence-electron chi connectivity index (χ3n) is 2.35. The molecule has 0 unspecified atom stereocenters. The van der Waals surface area contributed by atoms with Gasteiger partial charge in [0, 0.05) is 0 Å². The Bertz CT molecular complexity index is 549. The monoisotopic (exact) mass is 246 g/mol. The molecule has 0 spiro atoms. The smallest absolute Gasteiger partial charge is 0.343 e. The molecule has 18 heavy (non-hydrogen) atoms. The Kier molecular flexibility index (Phi) is 3.57. The highest BCUT2D eigenvalue weighted by Gasteiger charge is 2.11. The van der Waals surface area contributed by atoms with Crippen LogP contribution in [0.5, 0.6) is 11.5 Å². The molecule has 2 rings (SSSR count). The van der Waals surface area contributed by atoms with E-state index in [0.717, 1.165) is 0 Å². The second-order valence-corrected chi connectivity index (χ2v) is 3.55. The van der Waals surface area contributed by atoms with Gasteiger partial charge in [-0.3, -0.25) is 0 Å². The Morgan fingerprint density at radius 2 is 1.61 bits per heavy atom. The van der Waals surface area contributed by atoms with Gasteiger partial charge < -0.3 is 9.47 Å². The molecule has 0 amide bonds. The van der Waals surface area contributed by atoms with E-state index in [9.17, 15) is 9.18 Å². The molecule has 0 heterocycles. The Morgan fingerprint density at radius 1 is 1.00 bits per heavy atom.